The molecule has 3 aromatic rings. The number of thiazole rings is 1. The molecule has 0 spiro atoms. The fourth-order valence-electron chi connectivity index (χ4n) is 2.61. The molecule has 0 saturated carbocycles. The molecule has 2 amide bonds. The highest BCUT2D eigenvalue weighted by molar-refractivity contribution is 7.21. The summed E-state index contributed by atoms with van der Waals surface area (Å²) in [5, 5.41) is 3.73. The van der Waals surface area contributed by atoms with Crippen molar-refractivity contribution in [3.63, 3.8) is 0 Å². The number of carbonyl (C=O) groups excluding carboxylic acids is 1. The van der Waals surface area contributed by atoms with Crippen LogP contribution < -0.4 is 5.32 Å². The first kappa shape index (κ1) is 15.2. The van der Waals surface area contributed by atoms with E-state index < -0.39 is 0 Å². The van der Waals surface area contributed by atoms with Crippen LogP contribution in [0.25, 0.3) is 21.0 Å². The number of rotatable bonds is 3. The molecule has 3 heterocycles. The number of carbonyl (C=O) groups is 1. The fraction of sp³-hybridized carbons (Fsp3) is 0.294. The Labute approximate surface area is 143 Å². The van der Waals surface area contributed by atoms with Crippen LogP contribution in [0.1, 0.15) is 5.76 Å². The lowest BCUT2D eigenvalue weighted by atomic mass is 10.3. The van der Waals surface area contributed by atoms with Gasteiger partial charge < -0.3 is 19.4 Å². The summed E-state index contributed by atoms with van der Waals surface area (Å²) in [6.07, 6.45) is 0. The van der Waals surface area contributed by atoms with Crippen molar-refractivity contribution in [3.05, 3.63) is 42.2 Å². The highest BCUT2D eigenvalue weighted by Gasteiger charge is 2.17. The van der Waals surface area contributed by atoms with Crippen molar-refractivity contribution >= 4 is 27.6 Å². The van der Waals surface area contributed by atoms with Gasteiger partial charge >= 0.3 is 6.03 Å². The number of amides is 2. The number of nitrogens with one attached hydrogen (secondary N) is 1. The molecule has 6 nitrogen and oxygen atoms in total. The zero-order chi connectivity index (χ0) is 16.4. The Morgan fingerprint density at radius 1 is 1.21 bits per heavy atom. The van der Waals surface area contributed by atoms with E-state index in [1.54, 1.807) is 16.2 Å². The van der Waals surface area contributed by atoms with Crippen molar-refractivity contribution in [3.8, 4) is 10.8 Å². The van der Waals surface area contributed by atoms with Crippen LogP contribution in [0.2, 0.25) is 0 Å². The standard InChI is InChI=1S/C17H17N3O3S/c21-17(20-7-9-22-10-8-20)18-11-12-5-6-14(23-12)16-19-13-3-1-2-4-15(13)24-16/h1-6H,7-11H2,(H,18,21). The van der Waals surface area contributed by atoms with Gasteiger partial charge in [0.2, 0.25) is 0 Å². The Bertz CT molecular complexity index is 819. The number of nitrogens with zero attached hydrogens (tertiary/aromatic N) is 2. The van der Waals surface area contributed by atoms with Gasteiger partial charge in [-0.2, -0.15) is 0 Å². The van der Waals surface area contributed by atoms with Crippen LogP contribution in [0.15, 0.2) is 40.8 Å². The van der Waals surface area contributed by atoms with Gasteiger partial charge in [-0.25, -0.2) is 9.78 Å². The fourth-order valence-corrected chi connectivity index (χ4v) is 3.53. The number of hydrogen-bond donors (Lipinski definition) is 1. The van der Waals surface area contributed by atoms with Crippen molar-refractivity contribution in [2.24, 2.45) is 0 Å². The summed E-state index contributed by atoms with van der Waals surface area (Å²) >= 11 is 1.60. The Morgan fingerprint density at radius 2 is 2.04 bits per heavy atom. The van der Waals surface area contributed by atoms with Gasteiger partial charge in [-0.1, -0.05) is 12.1 Å². The molecule has 7 heteroatoms. The summed E-state index contributed by atoms with van der Waals surface area (Å²) in [6.45, 7) is 2.80. The average molecular weight is 343 g/mol. The van der Waals surface area contributed by atoms with Gasteiger partial charge in [-0.15, -0.1) is 11.3 Å². The lowest BCUT2D eigenvalue weighted by Gasteiger charge is -2.26. The number of hydrogen-bond acceptors (Lipinski definition) is 5. The zero-order valence-electron chi connectivity index (χ0n) is 13.0. The van der Waals surface area contributed by atoms with Crippen molar-refractivity contribution in [2.75, 3.05) is 26.3 Å². The molecule has 0 atom stereocenters. The summed E-state index contributed by atoms with van der Waals surface area (Å²) < 4.78 is 12.2. The number of fused-ring (bicyclic) bond motifs is 1. The molecule has 2 aromatic heterocycles. The lowest BCUT2D eigenvalue weighted by molar-refractivity contribution is 0.0530. The molecule has 24 heavy (non-hydrogen) atoms. The van der Waals surface area contributed by atoms with Gasteiger partial charge in [0.15, 0.2) is 10.8 Å². The van der Waals surface area contributed by atoms with E-state index in [4.69, 9.17) is 9.15 Å². The van der Waals surface area contributed by atoms with E-state index in [9.17, 15) is 4.79 Å². The van der Waals surface area contributed by atoms with Gasteiger partial charge in [-0.3, -0.25) is 0 Å². The van der Waals surface area contributed by atoms with Gasteiger partial charge in [0, 0.05) is 13.1 Å². The smallest absolute Gasteiger partial charge is 0.317 e. The first-order valence-electron chi connectivity index (χ1n) is 7.85. The summed E-state index contributed by atoms with van der Waals surface area (Å²) in [6, 6.07) is 11.7. The Kier molecular flexibility index (Phi) is 4.18. The largest absolute Gasteiger partial charge is 0.457 e. The second-order valence-corrected chi connectivity index (χ2v) is 6.54. The SMILES string of the molecule is O=C(NCc1ccc(-c2nc3ccccc3s2)o1)N1CCOCC1. The number of para-hydroxylation sites is 1. The summed E-state index contributed by atoms with van der Waals surface area (Å²) in [5.41, 5.74) is 0.969. The predicted molar refractivity (Wildman–Crippen MR) is 91.9 cm³/mol. The first-order valence-corrected chi connectivity index (χ1v) is 8.66. The molecule has 1 fully saturated rings. The van der Waals surface area contributed by atoms with Crippen LogP contribution in [0.4, 0.5) is 4.79 Å². The predicted octanol–water partition coefficient (Wildman–Crippen LogP) is 3.10. The number of ether oxygens (including phenoxy) is 1. The van der Waals surface area contributed by atoms with Crippen LogP contribution in [0.3, 0.4) is 0 Å². The monoisotopic (exact) mass is 343 g/mol. The molecule has 4 rings (SSSR count). The number of morpholine rings is 1. The molecular weight excluding hydrogens is 326 g/mol. The minimum absolute atomic E-state index is 0.0868. The van der Waals surface area contributed by atoms with E-state index in [1.165, 1.54) is 0 Å². The Hall–Kier alpha value is -2.38. The van der Waals surface area contributed by atoms with Crippen LogP contribution in [-0.4, -0.2) is 42.2 Å². The van der Waals surface area contributed by atoms with Crippen molar-refractivity contribution in [1.82, 2.24) is 15.2 Å². The van der Waals surface area contributed by atoms with Gasteiger partial charge in [-0.05, 0) is 24.3 Å². The van der Waals surface area contributed by atoms with Crippen molar-refractivity contribution in [2.45, 2.75) is 6.54 Å². The van der Waals surface area contributed by atoms with Crippen LogP contribution in [0, 0.1) is 0 Å². The molecule has 0 radical (unpaired) electrons. The third-order valence-electron chi connectivity index (χ3n) is 3.88. The summed E-state index contributed by atoms with van der Waals surface area (Å²) in [4.78, 5) is 18.4. The highest BCUT2D eigenvalue weighted by Crippen LogP contribution is 2.31. The van der Waals surface area contributed by atoms with E-state index >= 15 is 0 Å². The lowest BCUT2D eigenvalue weighted by Crippen LogP contribution is -2.45. The number of benzene rings is 1. The van der Waals surface area contributed by atoms with Gasteiger partial charge in [0.25, 0.3) is 0 Å². The zero-order valence-corrected chi connectivity index (χ0v) is 13.8. The summed E-state index contributed by atoms with van der Waals surface area (Å²) in [7, 11) is 0. The Morgan fingerprint density at radius 3 is 2.88 bits per heavy atom. The minimum atomic E-state index is -0.0868. The molecule has 0 aliphatic carbocycles. The van der Waals surface area contributed by atoms with E-state index in [2.05, 4.69) is 10.3 Å². The molecule has 0 unspecified atom stereocenters. The maximum Gasteiger partial charge on any atom is 0.317 e. The molecule has 124 valence electrons. The first-order chi connectivity index (χ1) is 11.8. The van der Waals surface area contributed by atoms with E-state index in [0.717, 1.165) is 21.0 Å². The molecule has 1 N–H and O–H groups in total. The maximum absolute atomic E-state index is 12.1. The average Bonchev–Trinajstić information content (AvgIpc) is 3.27. The molecule has 1 aliphatic rings. The topological polar surface area (TPSA) is 67.6 Å². The molecule has 1 saturated heterocycles. The molecule has 1 aliphatic heterocycles. The third-order valence-corrected chi connectivity index (χ3v) is 4.93. The minimum Gasteiger partial charge on any atom is -0.457 e. The second-order valence-electron chi connectivity index (χ2n) is 5.51. The normalized spacial score (nSPS) is 14.9. The molecule has 1 aromatic carbocycles. The van der Waals surface area contributed by atoms with Gasteiger partial charge in [0.05, 0.1) is 30.0 Å². The summed E-state index contributed by atoms with van der Waals surface area (Å²) in [5.74, 6) is 1.44. The van der Waals surface area contributed by atoms with Crippen molar-refractivity contribution in [1.29, 1.82) is 0 Å². The van der Waals surface area contributed by atoms with Crippen LogP contribution in [0.5, 0.6) is 0 Å². The number of aromatic nitrogens is 1. The van der Waals surface area contributed by atoms with E-state index in [1.807, 2.05) is 36.4 Å². The quantitative estimate of drug-likeness (QED) is 0.793. The van der Waals surface area contributed by atoms with Crippen LogP contribution in [-0.2, 0) is 11.3 Å². The van der Waals surface area contributed by atoms with Gasteiger partial charge in [0.1, 0.15) is 5.76 Å². The van der Waals surface area contributed by atoms with E-state index in [-0.39, 0.29) is 6.03 Å². The van der Waals surface area contributed by atoms with Crippen molar-refractivity contribution < 1.29 is 13.9 Å². The number of urea groups is 1. The third kappa shape index (κ3) is 3.13. The van der Waals surface area contributed by atoms with Crippen LogP contribution >= 0.6 is 11.3 Å². The second kappa shape index (κ2) is 6.62. The maximum atomic E-state index is 12.1. The Balaban J connectivity index is 1.42. The number of furan rings is 1. The highest BCUT2D eigenvalue weighted by atomic mass is 32.1. The molecule has 0 bridgehead atoms. The molecular formula is C17H17N3O3S. The van der Waals surface area contributed by atoms with E-state index in [0.29, 0.717) is 38.6 Å².